The summed E-state index contributed by atoms with van der Waals surface area (Å²) in [4.78, 5) is 30.6. The van der Waals surface area contributed by atoms with Gasteiger partial charge in [0.05, 0.1) is 0 Å². The van der Waals surface area contributed by atoms with Crippen molar-refractivity contribution in [3.05, 3.63) is 169 Å². The summed E-state index contributed by atoms with van der Waals surface area (Å²) in [5, 5.41) is 4.32. The predicted molar refractivity (Wildman–Crippen MR) is 229 cm³/mol. The van der Waals surface area contributed by atoms with E-state index in [1.54, 1.807) is 0 Å². The average Bonchev–Trinajstić information content (AvgIpc) is 3.92. The first-order valence-corrected chi connectivity index (χ1v) is 19.9. The van der Waals surface area contributed by atoms with E-state index in [2.05, 4.69) is 115 Å². The Morgan fingerprint density at radius 2 is 0.842 bits per heavy atom. The van der Waals surface area contributed by atoms with Gasteiger partial charge in [0.15, 0.2) is 34.9 Å². The molecule has 6 heteroatoms. The van der Waals surface area contributed by atoms with E-state index < -0.39 is 0 Å². The van der Waals surface area contributed by atoms with Crippen molar-refractivity contribution >= 4 is 21.5 Å². The van der Waals surface area contributed by atoms with Crippen LogP contribution in [0.2, 0.25) is 0 Å². The summed E-state index contributed by atoms with van der Waals surface area (Å²) in [6.45, 7) is 0. The minimum atomic E-state index is 0.294. The fourth-order valence-corrected chi connectivity index (χ4v) is 9.31. The molecule has 9 aromatic rings. The molecule has 7 aromatic carbocycles. The summed E-state index contributed by atoms with van der Waals surface area (Å²) in [5.41, 5.74) is 7.47. The van der Waals surface area contributed by atoms with Gasteiger partial charge in [0, 0.05) is 33.4 Å². The fourth-order valence-electron chi connectivity index (χ4n) is 9.31. The summed E-state index contributed by atoms with van der Waals surface area (Å²) in [7, 11) is 0. The van der Waals surface area contributed by atoms with Crippen molar-refractivity contribution in [3.8, 4) is 68.3 Å². The summed E-state index contributed by atoms with van der Waals surface area (Å²) in [6, 6.07) is 56.7. The van der Waals surface area contributed by atoms with Crippen LogP contribution < -0.4 is 0 Å². The SMILES string of the molecule is c1ccc(-c2nc(-c3ccc4c(-c5nc(-c6ccccc6)nc(-c6cccc(C78CCC(CC7)C8)c6)n5)cccc4c3)nc(-c3cccc4ccccc34)n2)cc1. The fraction of sp³-hybridized carbons (Fsp3) is 0.137. The predicted octanol–water partition coefficient (Wildman–Crippen LogP) is 12.2. The summed E-state index contributed by atoms with van der Waals surface area (Å²) < 4.78 is 0. The lowest BCUT2D eigenvalue weighted by Gasteiger charge is -2.27. The van der Waals surface area contributed by atoms with Crippen LogP contribution in [0.25, 0.3) is 89.9 Å². The van der Waals surface area contributed by atoms with Gasteiger partial charge in [-0.2, -0.15) is 0 Å². The third-order valence-corrected chi connectivity index (χ3v) is 12.2. The molecule has 0 N–H and O–H groups in total. The molecule has 0 atom stereocenters. The van der Waals surface area contributed by atoms with Gasteiger partial charge in [0.1, 0.15) is 0 Å². The average molecular weight is 735 g/mol. The van der Waals surface area contributed by atoms with Gasteiger partial charge in [0.25, 0.3) is 0 Å². The maximum Gasteiger partial charge on any atom is 0.164 e. The van der Waals surface area contributed by atoms with Crippen LogP contribution in [0.5, 0.6) is 0 Å². The first kappa shape index (κ1) is 33.4. The molecule has 6 nitrogen and oxygen atoms in total. The molecule has 2 saturated carbocycles. The van der Waals surface area contributed by atoms with Crippen LogP contribution in [-0.2, 0) is 5.41 Å². The van der Waals surface area contributed by atoms with E-state index in [0.29, 0.717) is 40.4 Å². The lowest BCUT2D eigenvalue weighted by atomic mass is 9.77. The monoisotopic (exact) mass is 734 g/mol. The van der Waals surface area contributed by atoms with Gasteiger partial charge in [-0.3, -0.25) is 0 Å². The number of benzene rings is 7. The molecular weight excluding hydrogens is 697 g/mol. The van der Waals surface area contributed by atoms with E-state index in [9.17, 15) is 0 Å². The van der Waals surface area contributed by atoms with Crippen LogP contribution in [0.1, 0.15) is 37.7 Å². The topological polar surface area (TPSA) is 77.3 Å². The molecule has 2 aliphatic rings. The van der Waals surface area contributed by atoms with Gasteiger partial charge < -0.3 is 0 Å². The zero-order chi connectivity index (χ0) is 37.8. The summed E-state index contributed by atoms with van der Waals surface area (Å²) >= 11 is 0. The number of hydrogen-bond donors (Lipinski definition) is 0. The van der Waals surface area contributed by atoms with Gasteiger partial charge in [-0.1, -0.05) is 152 Å². The van der Waals surface area contributed by atoms with Crippen LogP contribution in [0.3, 0.4) is 0 Å². The van der Waals surface area contributed by atoms with E-state index >= 15 is 0 Å². The maximum atomic E-state index is 5.22. The molecule has 2 aliphatic carbocycles. The Bertz CT molecular complexity index is 2950. The first-order chi connectivity index (χ1) is 28.2. The lowest BCUT2D eigenvalue weighted by Crippen LogP contribution is -2.19. The smallest absolute Gasteiger partial charge is 0.164 e. The molecular formula is C51H38N6. The number of nitrogens with zero attached hydrogens (tertiary/aromatic N) is 6. The molecule has 0 amide bonds. The van der Waals surface area contributed by atoms with Crippen LogP contribution in [0.15, 0.2) is 164 Å². The number of fused-ring (bicyclic) bond motifs is 4. The highest BCUT2D eigenvalue weighted by molar-refractivity contribution is 5.98. The van der Waals surface area contributed by atoms with Crippen LogP contribution >= 0.6 is 0 Å². The number of rotatable bonds is 7. The van der Waals surface area contributed by atoms with E-state index in [1.807, 2.05) is 48.5 Å². The van der Waals surface area contributed by atoms with Crippen molar-refractivity contribution in [1.82, 2.24) is 29.9 Å². The first-order valence-electron chi connectivity index (χ1n) is 19.9. The lowest BCUT2D eigenvalue weighted by molar-refractivity contribution is 0.419. The van der Waals surface area contributed by atoms with Crippen molar-refractivity contribution in [2.45, 2.75) is 37.5 Å². The number of hydrogen-bond acceptors (Lipinski definition) is 6. The Labute approximate surface area is 331 Å². The van der Waals surface area contributed by atoms with Gasteiger partial charge >= 0.3 is 0 Å². The van der Waals surface area contributed by atoms with E-state index in [4.69, 9.17) is 29.9 Å². The molecule has 0 aliphatic heterocycles. The molecule has 2 heterocycles. The minimum Gasteiger partial charge on any atom is -0.208 e. The van der Waals surface area contributed by atoms with Crippen molar-refractivity contribution in [2.24, 2.45) is 5.92 Å². The van der Waals surface area contributed by atoms with Gasteiger partial charge in [-0.15, -0.1) is 0 Å². The molecule has 57 heavy (non-hydrogen) atoms. The molecule has 0 radical (unpaired) electrons. The zero-order valence-electron chi connectivity index (χ0n) is 31.4. The highest BCUT2D eigenvalue weighted by Gasteiger charge is 2.45. The van der Waals surface area contributed by atoms with Crippen molar-refractivity contribution in [1.29, 1.82) is 0 Å². The Hall–Kier alpha value is -6.92. The second-order valence-electron chi connectivity index (χ2n) is 15.6. The maximum absolute atomic E-state index is 5.22. The van der Waals surface area contributed by atoms with Crippen molar-refractivity contribution < 1.29 is 0 Å². The number of aromatic nitrogens is 6. The Morgan fingerprint density at radius 1 is 0.368 bits per heavy atom. The minimum absolute atomic E-state index is 0.294. The third-order valence-electron chi connectivity index (χ3n) is 12.2. The molecule has 0 spiro atoms. The van der Waals surface area contributed by atoms with Crippen LogP contribution in [0.4, 0.5) is 0 Å². The quantitative estimate of drug-likeness (QED) is 0.162. The third kappa shape index (κ3) is 6.05. The Morgan fingerprint density at radius 3 is 1.46 bits per heavy atom. The van der Waals surface area contributed by atoms with Gasteiger partial charge in [0.2, 0.25) is 0 Å². The van der Waals surface area contributed by atoms with Crippen molar-refractivity contribution in [2.75, 3.05) is 0 Å². The van der Waals surface area contributed by atoms with E-state index in [0.717, 1.165) is 60.8 Å². The molecule has 0 saturated heterocycles. The van der Waals surface area contributed by atoms with Crippen LogP contribution in [-0.4, -0.2) is 29.9 Å². The van der Waals surface area contributed by atoms with Crippen LogP contribution in [0, 0.1) is 5.92 Å². The van der Waals surface area contributed by atoms with E-state index in [-0.39, 0.29) is 0 Å². The molecule has 2 bridgehead atoms. The molecule has 0 unspecified atom stereocenters. The zero-order valence-corrected chi connectivity index (χ0v) is 31.4. The second-order valence-corrected chi connectivity index (χ2v) is 15.6. The second kappa shape index (κ2) is 13.7. The molecule has 272 valence electrons. The Kier molecular flexibility index (Phi) is 8.02. The van der Waals surface area contributed by atoms with Crippen molar-refractivity contribution in [3.63, 3.8) is 0 Å². The normalized spacial score (nSPS) is 17.4. The molecule has 11 rings (SSSR count). The highest BCUT2D eigenvalue weighted by atomic mass is 15.0. The largest absolute Gasteiger partial charge is 0.208 e. The summed E-state index contributed by atoms with van der Waals surface area (Å²) in [6.07, 6.45) is 6.54. The molecule has 2 fully saturated rings. The highest BCUT2D eigenvalue weighted by Crippen LogP contribution is 2.55. The summed E-state index contributed by atoms with van der Waals surface area (Å²) in [5.74, 6) is 4.76. The van der Waals surface area contributed by atoms with Gasteiger partial charge in [-0.05, 0) is 82.7 Å². The van der Waals surface area contributed by atoms with Gasteiger partial charge in [-0.25, -0.2) is 29.9 Å². The standard InChI is InChI=1S/C51H38N6/c1-3-13-35(14-4-1)45-52-47(38-19-9-20-40(31-38)51-28-26-33(32-51)27-29-51)56-50(55-45)44-23-11-18-37-30-39(24-25-42(37)44)48-53-46(36-15-5-2-6-16-36)54-49(57-48)43-22-10-17-34-12-7-8-21-41(34)43/h1-25,30-31,33H,26-29,32H2. The molecule has 2 aromatic heterocycles. The van der Waals surface area contributed by atoms with E-state index in [1.165, 1.54) is 37.7 Å². The Balaban J connectivity index is 1.04.